The van der Waals surface area contributed by atoms with Crippen LogP contribution in [-0.4, -0.2) is 51.0 Å². The molecule has 4 N–H and O–H groups in total. The molecule has 7 nitrogen and oxygen atoms in total. The molecule has 1 saturated carbocycles. The molecule has 1 unspecified atom stereocenters. The van der Waals surface area contributed by atoms with Crippen LogP contribution in [0.2, 0.25) is 0 Å². The van der Waals surface area contributed by atoms with Crippen molar-refractivity contribution in [3.63, 3.8) is 0 Å². The topological polar surface area (TPSA) is 96.2 Å². The fraction of sp³-hybridized carbons (Fsp3) is 0.526. The number of urea groups is 1. The first kappa shape index (κ1) is 21.3. The van der Waals surface area contributed by atoms with Crippen molar-refractivity contribution in [1.29, 1.82) is 0 Å². The van der Waals surface area contributed by atoms with Crippen molar-refractivity contribution >= 4 is 35.2 Å². The molecule has 11 heteroatoms. The van der Waals surface area contributed by atoms with Crippen LogP contribution in [0.4, 0.5) is 19.5 Å². The van der Waals surface area contributed by atoms with Gasteiger partial charge in [-0.1, -0.05) is 17.7 Å². The average Bonchev–Trinajstić information content (AvgIpc) is 2.68. The molecule has 1 aromatic rings. The molecule has 0 aromatic carbocycles. The first-order valence-corrected chi connectivity index (χ1v) is 10.5. The summed E-state index contributed by atoms with van der Waals surface area (Å²) in [6.07, 6.45) is 5.08. The molecule has 1 aliphatic heterocycles. The van der Waals surface area contributed by atoms with Gasteiger partial charge in [0.15, 0.2) is 0 Å². The first-order chi connectivity index (χ1) is 14.2. The number of aromatic nitrogens is 2. The number of fused-ring (bicyclic) bond motifs is 1. The van der Waals surface area contributed by atoms with Crippen LogP contribution in [0.15, 0.2) is 29.0 Å². The molecule has 0 radical (unpaired) electrons. The molecule has 4 rings (SSSR count). The van der Waals surface area contributed by atoms with E-state index in [1.165, 1.54) is 0 Å². The molecular formula is C19H22Cl2F2N6O. The molecule has 1 aromatic heterocycles. The Morgan fingerprint density at radius 3 is 2.83 bits per heavy atom. The van der Waals surface area contributed by atoms with Crippen molar-refractivity contribution in [2.45, 2.75) is 55.7 Å². The first-order valence-electron chi connectivity index (χ1n) is 9.70. The molecule has 1 fully saturated rings. The van der Waals surface area contributed by atoms with Crippen LogP contribution < -0.4 is 16.4 Å². The van der Waals surface area contributed by atoms with E-state index < -0.39 is 12.1 Å². The monoisotopic (exact) mass is 458 g/mol. The van der Waals surface area contributed by atoms with Crippen LogP contribution in [0.5, 0.6) is 0 Å². The standard InChI is InChI=1S/C19H22Cl2F2N6O/c20-13-2-1-10(5-14(13)21)16(24)28-18(30)29-4-3-11-8-25-17(27-15(11)9-29)26-12-6-19(22,23)7-12/h1-2,8,12,14,16H,3-7,9,24H2,(H,28,30)(H,25,26,27)/t14?,16-/m0/s1. The van der Waals surface area contributed by atoms with Gasteiger partial charge in [0.25, 0.3) is 5.92 Å². The highest BCUT2D eigenvalue weighted by Crippen LogP contribution is 2.38. The van der Waals surface area contributed by atoms with E-state index in [0.717, 1.165) is 11.1 Å². The van der Waals surface area contributed by atoms with Crippen LogP contribution in [0.3, 0.4) is 0 Å². The van der Waals surface area contributed by atoms with E-state index in [9.17, 15) is 13.6 Å². The van der Waals surface area contributed by atoms with Gasteiger partial charge >= 0.3 is 6.03 Å². The lowest BCUT2D eigenvalue weighted by Crippen LogP contribution is -2.51. The van der Waals surface area contributed by atoms with E-state index in [1.54, 1.807) is 23.2 Å². The van der Waals surface area contributed by atoms with Crippen molar-refractivity contribution in [1.82, 2.24) is 20.2 Å². The van der Waals surface area contributed by atoms with Gasteiger partial charge in [0.05, 0.1) is 17.6 Å². The van der Waals surface area contributed by atoms with Gasteiger partial charge in [-0.3, -0.25) is 0 Å². The largest absolute Gasteiger partial charge is 0.351 e. The van der Waals surface area contributed by atoms with Gasteiger partial charge in [-0.05, 0) is 30.1 Å². The zero-order valence-electron chi connectivity index (χ0n) is 16.0. The highest BCUT2D eigenvalue weighted by molar-refractivity contribution is 6.37. The maximum absolute atomic E-state index is 13.0. The van der Waals surface area contributed by atoms with Gasteiger partial charge in [0, 0.05) is 36.7 Å². The molecule has 0 spiro atoms. The summed E-state index contributed by atoms with van der Waals surface area (Å²) in [4.78, 5) is 22.9. The molecule has 2 atom stereocenters. The third-order valence-electron chi connectivity index (χ3n) is 5.51. The number of rotatable bonds is 4. The number of carbonyl (C=O) groups excluding carboxylic acids is 1. The minimum Gasteiger partial charge on any atom is -0.351 e. The Morgan fingerprint density at radius 1 is 1.37 bits per heavy atom. The molecule has 2 aliphatic carbocycles. The van der Waals surface area contributed by atoms with Gasteiger partial charge in [-0.15, -0.1) is 11.6 Å². The number of allylic oxidation sites excluding steroid dienone is 3. The lowest BCUT2D eigenvalue weighted by Gasteiger charge is -2.35. The molecule has 3 aliphatic rings. The highest BCUT2D eigenvalue weighted by atomic mass is 35.5. The van der Waals surface area contributed by atoms with Crippen LogP contribution in [-0.2, 0) is 13.0 Å². The number of halogens is 4. The highest BCUT2D eigenvalue weighted by Gasteiger charge is 2.45. The Balaban J connectivity index is 1.36. The smallest absolute Gasteiger partial charge is 0.319 e. The zero-order chi connectivity index (χ0) is 21.5. The van der Waals surface area contributed by atoms with E-state index in [4.69, 9.17) is 28.9 Å². The number of hydrogen-bond acceptors (Lipinski definition) is 5. The molecule has 2 amide bonds. The second-order valence-electron chi connectivity index (χ2n) is 7.83. The van der Waals surface area contributed by atoms with Crippen LogP contribution in [0, 0.1) is 0 Å². The summed E-state index contributed by atoms with van der Waals surface area (Å²) in [5.74, 6) is -2.31. The number of alkyl halides is 3. The Labute approximate surface area is 182 Å². The van der Waals surface area contributed by atoms with E-state index in [-0.39, 0.29) is 36.8 Å². The van der Waals surface area contributed by atoms with E-state index in [1.807, 2.05) is 0 Å². The fourth-order valence-corrected chi connectivity index (χ4v) is 4.09. The van der Waals surface area contributed by atoms with Gasteiger partial charge in [0.1, 0.15) is 6.17 Å². The fourth-order valence-electron chi connectivity index (χ4n) is 3.70. The summed E-state index contributed by atoms with van der Waals surface area (Å²) in [7, 11) is 0. The molecular weight excluding hydrogens is 437 g/mol. The number of carbonyl (C=O) groups is 1. The van der Waals surface area contributed by atoms with Gasteiger partial charge in [-0.2, -0.15) is 0 Å². The second kappa shape index (κ2) is 8.28. The minimum absolute atomic E-state index is 0.223. The molecule has 30 heavy (non-hydrogen) atoms. The average molecular weight is 459 g/mol. The van der Waals surface area contributed by atoms with E-state index in [0.29, 0.717) is 36.1 Å². The molecule has 0 bridgehead atoms. The molecule has 0 saturated heterocycles. The van der Waals surface area contributed by atoms with Crippen LogP contribution in [0.1, 0.15) is 30.5 Å². The SMILES string of the molecule is N[C@@H](NC(=O)N1CCc2cnc(NC3CC(F)(F)C3)nc2C1)C1=CC=C(Cl)C(Cl)C1. The number of amides is 2. The third kappa shape index (κ3) is 4.68. The summed E-state index contributed by atoms with van der Waals surface area (Å²) in [5, 5.41) is 5.91. The third-order valence-corrected chi connectivity index (χ3v) is 6.40. The zero-order valence-corrected chi connectivity index (χ0v) is 17.6. The molecule has 2 heterocycles. The normalized spacial score (nSPS) is 24.2. The maximum atomic E-state index is 13.0. The Kier molecular flexibility index (Phi) is 5.87. The number of anilines is 1. The Hall–Kier alpha value is -1.97. The summed E-state index contributed by atoms with van der Waals surface area (Å²) >= 11 is 12.1. The predicted octanol–water partition coefficient (Wildman–Crippen LogP) is 3.10. The van der Waals surface area contributed by atoms with Crippen molar-refractivity contribution in [2.75, 3.05) is 11.9 Å². The van der Waals surface area contributed by atoms with Crippen molar-refractivity contribution < 1.29 is 13.6 Å². The Bertz CT molecular complexity index is 901. The van der Waals surface area contributed by atoms with Crippen molar-refractivity contribution in [3.05, 3.63) is 40.2 Å². The van der Waals surface area contributed by atoms with E-state index >= 15 is 0 Å². The number of hydrogen-bond donors (Lipinski definition) is 3. The summed E-state index contributed by atoms with van der Waals surface area (Å²) < 4.78 is 26.0. The number of nitrogens with zero attached hydrogens (tertiary/aromatic N) is 3. The van der Waals surface area contributed by atoms with Crippen LogP contribution >= 0.6 is 23.2 Å². The summed E-state index contributed by atoms with van der Waals surface area (Å²) in [6, 6.07) is -0.649. The van der Waals surface area contributed by atoms with Crippen LogP contribution in [0.25, 0.3) is 0 Å². The maximum Gasteiger partial charge on any atom is 0.319 e. The van der Waals surface area contributed by atoms with Gasteiger partial charge in [-0.25, -0.2) is 23.5 Å². The van der Waals surface area contributed by atoms with E-state index in [2.05, 4.69) is 20.6 Å². The number of nitrogens with one attached hydrogen (secondary N) is 2. The lowest BCUT2D eigenvalue weighted by atomic mass is 9.88. The minimum atomic E-state index is -2.61. The van der Waals surface area contributed by atoms with Crippen molar-refractivity contribution in [2.24, 2.45) is 5.73 Å². The quantitative estimate of drug-likeness (QED) is 0.475. The summed E-state index contributed by atoms with van der Waals surface area (Å²) in [5.41, 5.74) is 8.55. The van der Waals surface area contributed by atoms with Gasteiger partial charge in [0.2, 0.25) is 5.95 Å². The Morgan fingerprint density at radius 2 is 2.13 bits per heavy atom. The number of nitrogens with two attached hydrogens (primary N) is 1. The predicted molar refractivity (Wildman–Crippen MR) is 111 cm³/mol. The lowest BCUT2D eigenvalue weighted by molar-refractivity contribution is -0.0794. The van der Waals surface area contributed by atoms with Crippen molar-refractivity contribution in [3.8, 4) is 0 Å². The summed E-state index contributed by atoms with van der Waals surface area (Å²) in [6.45, 7) is 0.786. The second-order valence-corrected chi connectivity index (χ2v) is 8.80. The molecule has 162 valence electrons. The van der Waals surface area contributed by atoms with Gasteiger partial charge < -0.3 is 21.3 Å².